The van der Waals surface area contributed by atoms with Crippen LogP contribution >= 0.6 is 0 Å². The van der Waals surface area contributed by atoms with E-state index in [-0.39, 0.29) is 0 Å². The molecule has 0 unspecified atom stereocenters. The average Bonchev–Trinajstić information content (AvgIpc) is 3.65. The van der Waals surface area contributed by atoms with Gasteiger partial charge in [0.05, 0.1) is 0 Å². The molecule has 3 aromatic heterocycles. The van der Waals surface area contributed by atoms with Gasteiger partial charge in [0.15, 0.2) is 0 Å². The Morgan fingerprint density at radius 3 is 2.15 bits per heavy atom. The zero-order valence-corrected chi connectivity index (χ0v) is 27.6. The minimum atomic E-state index is -2.84. The molecule has 6 aromatic rings. The molecular formula is C36H42N4Sn. The molecule has 4 nitrogen and oxygen atoms in total. The monoisotopic (exact) mass is 650 g/mol. The molecule has 0 bridgehead atoms. The fraction of sp³-hybridized carbons (Fsp3) is 0.333. The molecule has 0 amide bonds. The van der Waals surface area contributed by atoms with E-state index >= 15 is 0 Å². The Kier molecular flexibility index (Phi) is 8.47. The zero-order valence-electron chi connectivity index (χ0n) is 24.8. The second-order valence-electron chi connectivity index (χ2n) is 11.7. The predicted octanol–water partition coefficient (Wildman–Crippen LogP) is 9.75. The molecule has 0 aliphatic rings. The molecule has 5 heteroatoms. The minimum absolute atomic E-state index is 0.943. The van der Waals surface area contributed by atoms with Crippen LogP contribution < -0.4 is 3.71 Å². The number of H-pyrrole nitrogens is 1. The van der Waals surface area contributed by atoms with Crippen LogP contribution in [0.3, 0.4) is 0 Å². The number of hydrogen-bond acceptors (Lipinski definition) is 2. The van der Waals surface area contributed by atoms with Crippen LogP contribution in [0, 0.1) is 0 Å². The van der Waals surface area contributed by atoms with Gasteiger partial charge in [-0.15, -0.1) is 0 Å². The van der Waals surface area contributed by atoms with Crippen LogP contribution in [0.15, 0.2) is 85.3 Å². The number of imidazole rings is 1. The van der Waals surface area contributed by atoms with Crippen molar-refractivity contribution in [2.24, 2.45) is 0 Å². The molecule has 0 aliphatic heterocycles. The van der Waals surface area contributed by atoms with Crippen LogP contribution in [0.5, 0.6) is 0 Å². The number of nitrogens with zero attached hydrogens (tertiary/aromatic N) is 3. The van der Waals surface area contributed by atoms with Crippen LogP contribution in [0.2, 0.25) is 13.3 Å². The van der Waals surface area contributed by atoms with Gasteiger partial charge in [-0.25, -0.2) is 0 Å². The maximum absolute atomic E-state index is 5.77. The Balaban J connectivity index is 1.68. The number of para-hydroxylation sites is 1. The van der Waals surface area contributed by atoms with E-state index in [1.807, 2.05) is 6.20 Å². The second-order valence-corrected chi connectivity index (χ2v) is 24.7. The molecule has 0 saturated heterocycles. The van der Waals surface area contributed by atoms with Crippen LogP contribution in [0.4, 0.5) is 0 Å². The van der Waals surface area contributed by atoms with Gasteiger partial charge in [0.1, 0.15) is 0 Å². The van der Waals surface area contributed by atoms with Crippen molar-refractivity contribution in [2.75, 3.05) is 0 Å². The Labute approximate surface area is 248 Å². The van der Waals surface area contributed by atoms with Crippen molar-refractivity contribution in [3.63, 3.8) is 0 Å². The van der Waals surface area contributed by atoms with Crippen molar-refractivity contribution in [1.29, 1.82) is 0 Å². The zero-order chi connectivity index (χ0) is 28.2. The van der Waals surface area contributed by atoms with Gasteiger partial charge in [-0.05, 0) is 0 Å². The summed E-state index contributed by atoms with van der Waals surface area (Å²) in [5.74, 6) is 0. The quantitative estimate of drug-likeness (QED) is 0.134. The summed E-state index contributed by atoms with van der Waals surface area (Å²) in [4.78, 5) is 14.5. The van der Waals surface area contributed by atoms with Crippen molar-refractivity contribution in [1.82, 2.24) is 19.4 Å². The van der Waals surface area contributed by atoms with E-state index < -0.39 is 18.4 Å². The first-order chi connectivity index (χ1) is 20.2. The molecule has 1 N–H and O–H groups in total. The first-order valence-electron chi connectivity index (χ1n) is 15.6. The summed E-state index contributed by atoms with van der Waals surface area (Å²) in [5, 5.41) is 2.49. The molecule has 3 heterocycles. The number of nitrogens with one attached hydrogen (secondary N) is 1. The summed E-state index contributed by atoms with van der Waals surface area (Å²) >= 11 is -2.84. The molecule has 0 atom stereocenters. The Hall–Kier alpha value is -3.12. The number of benzene rings is 3. The van der Waals surface area contributed by atoms with E-state index in [1.54, 1.807) is 0 Å². The fourth-order valence-corrected chi connectivity index (χ4v) is 22.0. The molecular weight excluding hydrogens is 607 g/mol. The van der Waals surface area contributed by atoms with Gasteiger partial charge in [0, 0.05) is 0 Å². The Morgan fingerprint density at radius 1 is 0.756 bits per heavy atom. The van der Waals surface area contributed by atoms with E-state index in [2.05, 4.69) is 109 Å². The topological polar surface area (TPSA) is 46.0 Å². The standard InChI is InChI=1S/C24H15N4.3C4H9.Sn/c1-2-6-16(7-3-1)17-10-11-19-18-8-4-5-9-20(18)27-22(19)21(17)23-24-26-13-15-28(24)14-12-25-23;3*1-3-4-2;/h1-11,13-15,27H;3*1,3-4H2,2H3;. The number of hydrogen-bond donors (Lipinski definition) is 1. The third kappa shape index (κ3) is 5.31. The SMILES string of the molecule is CCC[CH2][Sn]([CH2]CCC)([CH2]CCC)[c]1cn2ccnc2c(-c2c(-c3ccccc3)ccc3c2[nH]c2ccccc23)n1. The Morgan fingerprint density at radius 2 is 1.44 bits per heavy atom. The summed E-state index contributed by atoms with van der Waals surface area (Å²) in [6.07, 6.45) is 14.2. The second kappa shape index (κ2) is 12.4. The van der Waals surface area contributed by atoms with Crippen LogP contribution in [0.1, 0.15) is 59.3 Å². The van der Waals surface area contributed by atoms with E-state index in [9.17, 15) is 0 Å². The first kappa shape index (κ1) is 28.0. The van der Waals surface area contributed by atoms with Crippen molar-refractivity contribution in [3.8, 4) is 22.4 Å². The Bertz CT molecular complexity index is 1740. The molecule has 210 valence electrons. The molecule has 0 fully saturated rings. The number of aromatic amines is 1. The molecule has 0 saturated carbocycles. The third-order valence-corrected chi connectivity index (χ3v) is 24.0. The van der Waals surface area contributed by atoms with Crippen molar-refractivity contribution in [3.05, 3.63) is 85.3 Å². The van der Waals surface area contributed by atoms with Crippen LogP contribution in [0.25, 0.3) is 49.8 Å². The van der Waals surface area contributed by atoms with Gasteiger partial charge in [-0.1, -0.05) is 0 Å². The first-order valence-corrected chi connectivity index (χ1v) is 23.1. The fourth-order valence-electron chi connectivity index (χ4n) is 6.68. The van der Waals surface area contributed by atoms with Gasteiger partial charge in [-0.2, -0.15) is 0 Å². The third-order valence-electron chi connectivity index (χ3n) is 8.95. The van der Waals surface area contributed by atoms with Crippen molar-refractivity contribution in [2.45, 2.75) is 72.6 Å². The summed E-state index contributed by atoms with van der Waals surface area (Å²) < 4.78 is 7.88. The van der Waals surface area contributed by atoms with Crippen molar-refractivity contribution < 1.29 is 0 Å². The van der Waals surface area contributed by atoms with E-state index in [0.29, 0.717) is 0 Å². The molecule has 0 spiro atoms. The van der Waals surface area contributed by atoms with Gasteiger partial charge < -0.3 is 0 Å². The summed E-state index contributed by atoms with van der Waals surface area (Å²) in [6, 6.07) is 24.0. The number of rotatable bonds is 12. The van der Waals surface area contributed by atoms with Gasteiger partial charge in [0.25, 0.3) is 0 Å². The number of aromatic nitrogens is 4. The van der Waals surface area contributed by atoms with Gasteiger partial charge in [0.2, 0.25) is 0 Å². The van der Waals surface area contributed by atoms with Gasteiger partial charge in [-0.3, -0.25) is 0 Å². The number of fused-ring (bicyclic) bond motifs is 4. The normalized spacial score (nSPS) is 12.2. The number of unbranched alkanes of at least 4 members (excludes halogenated alkanes) is 3. The van der Waals surface area contributed by atoms with Crippen LogP contribution in [-0.4, -0.2) is 37.7 Å². The predicted molar refractivity (Wildman–Crippen MR) is 178 cm³/mol. The van der Waals surface area contributed by atoms with Crippen LogP contribution in [-0.2, 0) is 0 Å². The average molecular weight is 649 g/mol. The molecule has 6 rings (SSSR count). The van der Waals surface area contributed by atoms with E-state index in [0.717, 1.165) is 22.4 Å². The summed E-state index contributed by atoms with van der Waals surface area (Å²) in [5.41, 5.74) is 7.86. The summed E-state index contributed by atoms with van der Waals surface area (Å²) in [7, 11) is 0. The van der Waals surface area contributed by atoms with E-state index in [4.69, 9.17) is 9.97 Å². The summed E-state index contributed by atoms with van der Waals surface area (Å²) in [6.45, 7) is 7.03. The maximum atomic E-state index is 5.77. The molecule has 0 radical (unpaired) electrons. The van der Waals surface area contributed by atoms with Gasteiger partial charge >= 0.3 is 249 Å². The van der Waals surface area contributed by atoms with Crippen molar-refractivity contribution >= 4 is 49.5 Å². The van der Waals surface area contributed by atoms with E-state index in [1.165, 1.54) is 83.0 Å². The molecule has 0 aliphatic carbocycles. The molecule has 41 heavy (non-hydrogen) atoms. The molecule has 3 aromatic carbocycles.